The Balaban J connectivity index is 2.72. The molecule has 1 saturated heterocycles. The fraction of sp³-hybridized carbons (Fsp3) is 0.917. The first-order chi connectivity index (χ1) is 8.27. The number of aliphatic hydroxyl groups excluding tert-OH is 1. The van der Waals surface area contributed by atoms with Crippen molar-refractivity contribution in [3.05, 3.63) is 0 Å². The van der Waals surface area contributed by atoms with E-state index in [1.807, 2.05) is 25.7 Å². The van der Waals surface area contributed by atoms with Gasteiger partial charge in [-0.05, 0) is 20.8 Å². The van der Waals surface area contributed by atoms with E-state index < -0.39 is 17.7 Å². The standard InChI is InChI=1S/C12H24N2O4/c1-12(2,3)14(11(16)17)9-7-13(5-6-18-4)8-10(9)15/h9-10,15H,5-8H2,1-4H3,(H,16,17)/t9-,10-/m1/s1. The monoisotopic (exact) mass is 260 g/mol. The molecule has 2 atom stereocenters. The highest BCUT2D eigenvalue weighted by Gasteiger charge is 2.42. The molecule has 0 radical (unpaired) electrons. The van der Waals surface area contributed by atoms with Gasteiger partial charge in [0.05, 0.1) is 18.8 Å². The lowest BCUT2D eigenvalue weighted by molar-refractivity contribution is 0.0297. The molecule has 1 heterocycles. The number of aliphatic hydroxyl groups is 1. The first-order valence-corrected chi connectivity index (χ1v) is 6.19. The summed E-state index contributed by atoms with van der Waals surface area (Å²) < 4.78 is 5.00. The number of hydrogen-bond donors (Lipinski definition) is 2. The van der Waals surface area contributed by atoms with Gasteiger partial charge in [0.2, 0.25) is 0 Å². The van der Waals surface area contributed by atoms with Gasteiger partial charge in [-0.2, -0.15) is 0 Å². The summed E-state index contributed by atoms with van der Waals surface area (Å²) in [6.45, 7) is 7.86. The van der Waals surface area contributed by atoms with Crippen LogP contribution in [0.3, 0.4) is 0 Å². The highest BCUT2D eigenvalue weighted by atomic mass is 16.5. The second-order valence-electron chi connectivity index (χ2n) is 5.71. The third kappa shape index (κ3) is 3.57. The van der Waals surface area contributed by atoms with Gasteiger partial charge in [0.1, 0.15) is 0 Å². The number of amides is 1. The Morgan fingerprint density at radius 3 is 2.50 bits per heavy atom. The Bertz CT molecular complexity index is 290. The van der Waals surface area contributed by atoms with Crippen LogP contribution in [0.1, 0.15) is 20.8 Å². The van der Waals surface area contributed by atoms with Crippen molar-refractivity contribution < 1.29 is 19.7 Å². The molecule has 6 nitrogen and oxygen atoms in total. The van der Waals surface area contributed by atoms with Gasteiger partial charge in [-0.25, -0.2) is 4.79 Å². The lowest BCUT2D eigenvalue weighted by Gasteiger charge is -2.39. The van der Waals surface area contributed by atoms with Crippen molar-refractivity contribution in [3.8, 4) is 0 Å². The van der Waals surface area contributed by atoms with Crippen molar-refractivity contribution in [1.29, 1.82) is 0 Å². The van der Waals surface area contributed by atoms with E-state index in [-0.39, 0.29) is 6.04 Å². The zero-order valence-corrected chi connectivity index (χ0v) is 11.6. The minimum Gasteiger partial charge on any atom is -0.465 e. The minimum absolute atomic E-state index is 0.376. The molecule has 0 unspecified atom stereocenters. The van der Waals surface area contributed by atoms with E-state index in [1.165, 1.54) is 4.90 Å². The molecule has 1 aliphatic rings. The van der Waals surface area contributed by atoms with Crippen molar-refractivity contribution in [2.75, 3.05) is 33.4 Å². The van der Waals surface area contributed by atoms with Gasteiger partial charge in [0.25, 0.3) is 0 Å². The van der Waals surface area contributed by atoms with Gasteiger partial charge in [0, 0.05) is 32.3 Å². The van der Waals surface area contributed by atoms with Crippen molar-refractivity contribution in [1.82, 2.24) is 9.80 Å². The highest BCUT2D eigenvalue weighted by Crippen LogP contribution is 2.24. The molecule has 1 rings (SSSR count). The summed E-state index contributed by atoms with van der Waals surface area (Å²) in [6.07, 6.45) is -1.63. The predicted molar refractivity (Wildman–Crippen MR) is 67.7 cm³/mol. The molecular formula is C12H24N2O4. The molecule has 18 heavy (non-hydrogen) atoms. The summed E-state index contributed by atoms with van der Waals surface area (Å²) in [6, 6.07) is -0.376. The Hall–Kier alpha value is -0.850. The summed E-state index contributed by atoms with van der Waals surface area (Å²) >= 11 is 0. The number of ether oxygens (including phenoxy) is 1. The molecule has 0 aromatic rings. The number of β-amino-alcohol motifs (C(OH)–C–C–N with tert-alkyl or cyclic N) is 1. The first kappa shape index (κ1) is 15.2. The van der Waals surface area contributed by atoms with E-state index in [0.29, 0.717) is 26.2 Å². The van der Waals surface area contributed by atoms with Crippen molar-refractivity contribution in [2.24, 2.45) is 0 Å². The summed E-state index contributed by atoms with van der Waals surface area (Å²) in [5, 5.41) is 19.4. The fourth-order valence-electron chi connectivity index (χ4n) is 2.43. The van der Waals surface area contributed by atoms with E-state index in [9.17, 15) is 15.0 Å². The van der Waals surface area contributed by atoms with Gasteiger partial charge < -0.3 is 14.9 Å². The quantitative estimate of drug-likeness (QED) is 0.768. The molecule has 6 heteroatoms. The molecule has 0 bridgehead atoms. The Labute approximate surface area is 108 Å². The van der Waals surface area contributed by atoms with Gasteiger partial charge >= 0.3 is 6.09 Å². The number of likely N-dealkylation sites (tertiary alicyclic amines) is 1. The molecule has 0 aromatic carbocycles. The predicted octanol–water partition coefficient (Wildman–Crippen LogP) is 0.456. The highest BCUT2D eigenvalue weighted by molar-refractivity contribution is 5.66. The lowest BCUT2D eigenvalue weighted by Crippen LogP contribution is -2.55. The Kier molecular flexibility index (Phi) is 4.95. The van der Waals surface area contributed by atoms with Crippen LogP contribution in [0.15, 0.2) is 0 Å². The molecule has 0 aliphatic carbocycles. The third-order valence-corrected chi connectivity index (χ3v) is 3.21. The second kappa shape index (κ2) is 5.86. The SMILES string of the molecule is COCCN1C[C@@H](O)[C@H](N(C(=O)O)C(C)(C)C)C1. The number of nitrogens with zero attached hydrogens (tertiary/aromatic N) is 2. The topological polar surface area (TPSA) is 73.2 Å². The van der Waals surface area contributed by atoms with Crippen LogP contribution in [-0.2, 0) is 4.74 Å². The summed E-state index contributed by atoms with van der Waals surface area (Å²) in [5.74, 6) is 0. The summed E-state index contributed by atoms with van der Waals surface area (Å²) in [4.78, 5) is 14.8. The number of rotatable bonds is 4. The second-order valence-corrected chi connectivity index (χ2v) is 5.71. The minimum atomic E-state index is -0.986. The van der Waals surface area contributed by atoms with Gasteiger partial charge in [-0.1, -0.05) is 0 Å². The maximum Gasteiger partial charge on any atom is 0.408 e. The van der Waals surface area contributed by atoms with Crippen LogP contribution in [0.2, 0.25) is 0 Å². The molecular weight excluding hydrogens is 236 g/mol. The molecule has 0 aromatic heterocycles. The van der Waals surface area contributed by atoms with E-state index in [2.05, 4.69) is 0 Å². The average Bonchev–Trinajstić information content (AvgIpc) is 2.54. The van der Waals surface area contributed by atoms with E-state index in [0.717, 1.165) is 0 Å². The number of hydrogen-bond acceptors (Lipinski definition) is 4. The molecule has 2 N–H and O–H groups in total. The smallest absolute Gasteiger partial charge is 0.408 e. The van der Waals surface area contributed by atoms with Crippen molar-refractivity contribution in [2.45, 2.75) is 38.5 Å². The van der Waals surface area contributed by atoms with Gasteiger partial charge in [0.15, 0.2) is 0 Å². The molecule has 1 amide bonds. The molecule has 1 aliphatic heterocycles. The van der Waals surface area contributed by atoms with E-state index >= 15 is 0 Å². The average molecular weight is 260 g/mol. The Morgan fingerprint density at radius 1 is 1.44 bits per heavy atom. The number of methoxy groups -OCH3 is 1. The van der Waals surface area contributed by atoms with Gasteiger partial charge in [-0.15, -0.1) is 0 Å². The van der Waals surface area contributed by atoms with E-state index in [4.69, 9.17) is 4.74 Å². The normalized spacial score (nSPS) is 25.4. The number of carbonyl (C=O) groups is 1. The maximum absolute atomic E-state index is 11.4. The molecule has 1 fully saturated rings. The van der Waals surface area contributed by atoms with Crippen LogP contribution in [0.25, 0.3) is 0 Å². The molecule has 0 spiro atoms. The van der Waals surface area contributed by atoms with Crippen LogP contribution in [-0.4, -0.2) is 77.1 Å². The van der Waals surface area contributed by atoms with Crippen LogP contribution in [0, 0.1) is 0 Å². The zero-order valence-electron chi connectivity index (χ0n) is 11.6. The van der Waals surface area contributed by atoms with Gasteiger partial charge in [-0.3, -0.25) is 9.80 Å². The number of carboxylic acid groups (broad SMARTS) is 1. The summed E-state index contributed by atoms with van der Waals surface area (Å²) in [5.41, 5.74) is -0.519. The maximum atomic E-state index is 11.4. The van der Waals surface area contributed by atoms with Crippen LogP contribution in [0.5, 0.6) is 0 Å². The first-order valence-electron chi connectivity index (χ1n) is 6.19. The van der Waals surface area contributed by atoms with Crippen LogP contribution < -0.4 is 0 Å². The third-order valence-electron chi connectivity index (χ3n) is 3.21. The Morgan fingerprint density at radius 2 is 2.06 bits per heavy atom. The zero-order chi connectivity index (χ0) is 13.9. The van der Waals surface area contributed by atoms with Crippen LogP contribution in [0.4, 0.5) is 4.79 Å². The fourth-order valence-corrected chi connectivity index (χ4v) is 2.43. The van der Waals surface area contributed by atoms with Crippen molar-refractivity contribution >= 4 is 6.09 Å². The molecule has 0 saturated carbocycles. The van der Waals surface area contributed by atoms with Crippen molar-refractivity contribution in [3.63, 3.8) is 0 Å². The summed E-state index contributed by atoms with van der Waals surface area (Å²) in [7, 11) is 1.63. The largest absolute Gasteiger partial charge is 0.465 e. The molecule has 106 valence electrons. The van der Waals surface area contributed by atoms with Crippen LogP contribution >= 0.6 is 0 Å². The van der Waals surface area contributed by atoms with E-state index in [1.54, 1.807) is 7.11 Å². The lowest BCUT2D eigenvalue weighted by atomic mass is 10.0.